The highest BCUT2D eigenvalue weighted by Crippen LogP contribution is 2.37. The molecular weight excluding hydrogens is 289 g/mol. The number of benzene rings is 1. The maximum Gasteiger partial charge on any atom is 0.446 e. The molecule has 0 aliphatic carbocycles. The summed E-state index contributed by atoms with van der Waals surface area (Å²) in [7, 11) is 0. The van der Waals surface area contributed by atoms with Crippen LogP contribution in [-0.4, -0.2) is 15.5 Å². The minimum atomic E-state index is -4.28. The molecule has 3 N–H and O–H groups in total. The second kappa shape index (κ2) is 5.58. The lowest BCUT2D eigenvalue weighted by Crippen LogP contribution is -2.01. The van der Waals surface area contributed by atoms with Crippen molar-refractivity contribution >= 4 is 29.2 Å². The van der Waals surface area contributed by atoms with Crippen LogP contribution in [0, 0.1) is 6.92 Å². The Hall–Kier alpha value is -1.96. The van der Waals surface area contributed by atoms with Gasteiger partial charge in [0.15, 0.2) is 0 Å². The molecule has 1 aromatic carbocycles. The van der Waals surface area contributed by atoms with E-state index in [0.29, 0.717) is 17.2 Å². The lowest BCUT2D eigenvalue weighted by atomic mass is 10.3. The summed E-state index contributed by atoms with van der Waals surface area (Å²) in [5, 5.41) is 2.95. The summed E-state index contributed by atoms with van der Waals surface area (Å²) in [6.07, 6.45) is 0. The van der Waals surface area contributed by atoms with Crippen molar-refractivity contribution in [2.75, 3.05) is 11.1 Å². The number of halogens is 3. The van der Waals surface area contributed by atoms with Crippen molar-refractivity contribution in [3.8, 4) is 0 Å². The smallest absolute Gasteiger partial charge is 0.368 e. The first-order valence-electron chi connectivity index (χ1n) is 5.56. The minimum Gasteiger partial charge on any atom is -0.368 e. The first-order chi connectivity index (χ1) is 9.32. The molecule has 20 heavy (non-hydrogen) atoms. The average molecular weight is 300 g/mol. The van der Waals surface area contributed by atoms with E-state index in [4.69, 9.17) is 5.73 Å². The standard InChI is InChI=1S/C12H11F3N4S/c1-7-6-10(19-11(16)17-7)18-8-2-4-9(5-3-8)20-12(13,14)15/h2-6H,1H3,(H3,16,17,18,19). The van der Waals surface area contributed by atoms with Gasteiger partial charge < -0.3 is 11.1 Å². The molecule has 0 fully saturated rings. The zero-order valence-electron chi connectivity index (χ0n) is 10.4. The molecule has 0 saturated carbocycles. The predicted octanol–water partition coefficient (Wildman–Crippen LogP) is 3.72. The molecule has 0 atom stereocenters. The number of nitrogens with one attached hydrogen (secondary N) is 1. The molecule has 0 radical (unpaired) electrons. The lowest BCUT2D eigenvalue weighted by molar-refractivity contribution is -0.0328. The van der Waals surface area contributed by atoms with Crippen molar-refractivity contribution in [1.82, 2.24) is 9.97 Å². The Morgan fingerprint density at radius 2 is 1.80 bits per heavy atom. The lowest BCUT2D eigenvalue weighted by Gasteiger charge is -2.09. The summed E-state index contributed by atoms with van der Waals surface area (Å²) in [6.45, 7) is 1.77. The van der Waals surface area contributed by atoms with Crippen LogP contribution in [0.1, 0.15) is 5.69 Å². The molecule has 8 heteroatoms. The van der Waals surface area contributed by atoms with Crippen LogP contribution in [0.4, 0.5) is 30.6 Å². The van der Waals surface area contributed by atoms with Gasteiger partial charge in [0.1, 0.15) is 5.82 Å². The normalized spacial score (nSPS) is 11.4. The second-order valence-corrected chi connectivity index (χ2v) is 5.09. The molecule has 4 nitrogen and oxygen atoms in total. The van der Waals surface area contributed by atoms with Gasteiger partial charge in [0.25, 0.3) is 0 Å². The summed E-state index contributed by atoms with van der Waals surface area (Å²) >= 11 is -0.153. The van der Waals surface area contributed by atoms with Crippen LogP contribution >= 0.6 is 11.8 Å². The fraction of sp³-hybridized carbons (Fsp3) is 0.167. The number of aryl methyl sites for hydroxylation is 1. The number of thioether (sulfide) groups is 1. The summed E-state index contributed by atoms with van der Waals surface area (Å²) in [4.78, 5) is 8.04. The van der Waals surface area contributed by atoms with Crippen LogP contribution in [0.15, 0.2) is 35.2 Å². The number of nitrogen functional groups attached to an aromatic ring is 1. The fourth-order valence-electron chi connectivity index (χ4n) is 1.54. The molecule has 0 spiro atoms. The van der Waals surface area contributed by atoms with Gasteiger partial charge in [0.2, 0.25) is 5.95 Å². The Bertz CT molecular complexity index is 578. The van der Waals surface area contributed by atoms with Crippen LogP contribution in [0.5, 0.6) is 0 Å². The number of hydrogen-bond donors (Lipinski definition) is 2. The van der Waals surface area contributed by atoms with Crippen LogP contribution in [0.25, 0.3) is 0 Å². The summed E-state index contributed by atoms with van der Waals surface area (Å²) in [6, 6.07) is 7.55. The number of hydrogen-bond acceptors (Lipinski definition) is 5. The summed E-state index contributed by atoms with van der Waals surface area (Å²) < 4.78 is 36.6. The van der Waals surface area contributed by atoms with E-state index in [9.17, 15) is 13.2 Å². The van der Waals surface area contributed by atoms with E-state index >= 15 is 0 Å². The van der Waals surface area contributed by atoms with Crippen molar-refractivity contribution in [1.29, 1.82) is 0 Å². The quantitative estimate of drug-likeness (QED) is 0.846. The number of alkyl halides is 3. The van der Waals surface area contributed by atoms with Gasteiger partial charge in [-0.2, -0.15) is 18.2 Å². The van der Waals surface area contributed by atoms with Crippen molar-refractivity contribution in [2.24, 2.45) is 0 Å². The molecule has 106 valence electrons. The molecule has 0 bridgehead atoms. The third-order valence-electron chi connectivity index (χ3n) is 2.23. The van der Waals surface area contributed by atoms with Gasteiger partial charge in [-0.25, -0.2) is 4.98 Å². The van der Waals surface area contributed by atoms with Crippen LogP contribution < -0.4 is 11.1 Å². The molecule has 1 aromatic heterocycles. The highest BCUT2D eigenvalue weighted by atomic mass is 32.2. The van der Waals surface area contributed by atoms with E-state index in [1.165, 1.54) is 12.1 Å². The summed E-state index contributed by atoms with van der Waals surface area (Å²) in [5.74, 6) is 0.628. The molecule has 2 aromatic rings. The maximum absolute atomic E-state index is 12.2. The largest absolute Gasteiger partial charge is 0.446 e. The van der Waals surface area contributed by atoms with Crippen molar-refractivity contribution in [3.63, 3.8) is 0 Å². The van der Waals surface area contributed by atoms with Gasteiger partial charge >= 0.3 is 5.51 Å². The van der Waals surface area contributed by atoms with Crippen LogP contribution in [-0.2, 0) is 0 Å². The van der Waals surface area contributed by atoms with E-state index in [-0.39, 0.29) is 22.6 Å². The highest BCUT2D eigenvalue weighted by Gasteiger charge is 2.28. The van der Waals surface area contributed by atoms with Gasteiger partial charge in [-0.15, -0.1) is 0 Å². The van der Waals surface area contributed by atoms with Gasteiger partial charge in [-0.1, -0.05) is 0 Å². The van der Waals surface area contributed by atoms with E-state index < -0.39 is 5.51 Å². The Morgan fingerprint density at radius 1 is 1.15 bits per heavy atom. The molecule has 0 amide bonds. The molecule has 0 saturated heterocycles. The predicted molar refractivity (Wildman–Crippen MR) is 72.8 cm³/mol. The highest BCUT2D eigenvalue weighted by molar-refractivity contribution is 8.00. The number of rotatable bonds is 3. The Kier molecular flexibility index (Phi) is 4.03. The number of anilines is 3. The number of nitrogens with two attached hydrogens (primary N) is 1. The first-order valence-corrected chi connectivity index (χ1v) is 6.37. The topological polar surface area (TPSA) is 63.8 Å². The minimum absolute atomic E-state index is 0.126. The SMILES string of the molecule is Cc1cc(Nc2ccc(SC(F)(F)F)cc2)nc(N)n1. The van der Waals surface area contributed by atoms with Gasteiger partial charge in [0.05, 0.1) is 0 Å². The van der Waals surface area contributed by atoms with Crippen LogP contribution in [0.2, 0.25) is 0 Å². The molecular formula is C12H11F3N4S. The Morgan fingerprint density at radius 3 is 2.35 bits per heavy atom. The van der Waals surface area contributed by atoms with E-state index in [1.807, 2.05) is 0 Å². The number of nitrogens with zero attached hydrogens (tertiary/aromatic N) is 2. The average Bonchev–Trinajstić information content (AvgIpc) is 2.28. The number of aromatic nitrogens is 2. The molecule has 1 heterocycles. The Labute approximate surface area is 117 Å². The first kappa shape index (κ1) is 14.4. The van der Waals surface area contributed by atoms with Gasteiger partial charge in [-0.3, -0.25) is 0 Å². The fourth-order valence-corrected chi connectivity index (χ4v) is 2.08. The van der Waals surface area contributed by atoms with Crippen molar-refractivity contribution in [2.45, 2.75) is 17.3 Å². The molecule has 0 unspecified atom stereocenters. The molecule has 0 aliphatic rings. The van der Waals surface area contributed by atoms with Gasteiger partial charge in [-0.05, 0) is 43.0 Å². The zero-order valence-corrected chi connectivity index (χ0v) is 11.2. The summed E-state index contributed by atoms with van der Waals surface area (Å²) in [5.41, 5.74) is 2.55. The molecule has 0 aliphatic heterocycles. The monoisotopic (exact) mass is 300 g/mol. The van der Waals surface area contributed by atoms with E-state index in [0.717, 1.165) is 0 Å². The van der Waals surface area contributed by atoms with Crippen LogP contribution in [0.3, 0.4) is 0 Å². The van der Waals surface area contributed by atoms with E-state index in [1.54, 1.807) is 25.1 Å². The maximum atomic E-state index is 12.2. The molecule has 2 rings (SSSR count). The third kappa shape index (κ3) is 4.30. The van der Waals surface area contributed by atoms with Crippen molar-refractivity contribution in [3.05, 3.63) is 36.0 Å². The van der Waals surface area contributed by atoms with Gasteiger partial charge in [0, 0.05) is 22.3 Å². The Balaban J connectivity index is 2.10. The van der Waals surface area contributed by atoms with E-state index in [2.05, 4.69) is 15.3 Å². The third-order valence-corrected chi connectivity index (χ3v) is 2.97. The second-order valence-electron chi connectivity index (χ2n) is 3.95. The zero-order chi connectivity index (χ0) is 14.8. The van der Waals surface area contributed by atoms with Crippen molar-refractivity contribution < 1.29 is 13.2 Å².